The zero-order valence-corrected chi connectivity index (χ0v) is 13.8. The molecule has 1 aromatic rings. The Bertz CT molecular complexity index is 591. The Labute approximate surface area is 136 Å². The zero-order valence-electron chi connectivity index (χ0n) is 13.8. The Morgan fingerprint density at radius 1 is 1.35 bits per heavy atom. The van der Waals surface area contributed by atoms with Crippen LogP contribution in [0.2, 0.25) is 0 Å². The van der Waals surface area contributed by atoms with E-state index < -0.39 is 5.82 Å². The van der Waals surface area contributed by atoms with E-state index in [1.165, 1.54) is 19.2 Å². The summed E-state index contributed by atoms with van der Waals surface area (Å²) in [4.78, 5) is 27.8. The van der Waals surface area contributed by atoms with Crippen molar-refractivity contribution < 1.29 is 18.7 Å². The van der Waals surface area contributed by atoms with Crippen LogP contribution in [0, 0.1) is 12.7 Å². The molecule has 0 aromatic heterocycles. The third-order valence-corrected chi connectivity index (χ3v) is 4.26. The molecule has 0 spiro atoms. The maximum absolute atomic E-state index is 13.4. The van der Waals surface area contributed by atoms with E-state index in [0.29, 0.717) is 38.2 Å². The van der Waals surface area contributed by atoms with Gasteiger partial charge in [-0.05, 0) is 31.5 Å². The van der Waals surface area contributed by atoms with E-state index in [2.05, 4.69) is 9.64 Å². The van der Waals surface area contributed by atoms with Crippen molar-refractivity contribution in [3.8, 4) is 0 Å². The minimum absolute atomic E-state index is 0.0107. The number of esters is 1. The minimum atomic E-state index is -0.400. The Hall–Kier alpha value is -1.95. The largest absolute Gasteiger partial charge is 0.469 e. The van der Waals surface area contributed by atoms with E-state index >= 15 is 0 Å². The Kier molecular flexibility index (Phi) is 5.71. The van der Waals surface area contributed by atoms with Crippen LogP contribution in [0.15, 0.2) is 18.2 Å². The van der Waals surface area contributed by atoms with Crippen LogP contribution < -0.4 is 0 Å². The predicted octanol–water partition coefficient (Wildman–Crippen LogP) is 1.84. The third-order valence-electron chi connectivity index (χ3n) is 4.26. The summed E-state index contributed by atoms with van der Waals surface area (Å²) >= 11 is 0. The lowest BCUT2D eigenvalue weighted by Gasteiger charge is -2.40. The topological polar surface area (TPSA) is 49.9 Å². The summed E-state index contributed by atoms with van der Waals surface area (Å²) in [6.07, 6.45) is 0.347. The van der Waals surface area contributed by atoms with Gasteiger partial charge < -0.3 is 9.64 Å². The number of rotatable bonds is 4. The second-order valence-electron chi connectivity index (χ2n) is 5.93. The molecular formula is C17H23FN2O3. The van der Waals surface area contributed by atoms with Gasteiger partial charge in [-0.1, -0.05) is 6.07 Å². The number of methoxy groups -OCH3 is 1. The van der Waals surface area contributed by atoms with Crippen molar-refractivity contribution in [1.82, 2.24) is 9.80 Å². The monoisotopic (exact) mass is 322 g/mol. The van der Waals surface area contributed by atoms with E-state index in [4.69, 9.17) is 0 Å². The number of hydrogen-bond acceptors (Lipinski definition) is 4. The van der Waals surface area contributed by atoms with Crippen molar-refractivity contribution in [3.63, 3.8) is 0 Å². The fraction of sp³-hybridized carbons (Fsp3) is 0.529. The average molecular weight is 322 g/mol. The number of amides is 1. The minimum Gasteiger partial charge on any atom is -0.469 e. The summed E-state index contributed by atoms with van der Waals surface area (Å²) in [6.45, 7) is 6.36. The van der Waals surface area contributed by atoms with E-state index in [1.54, 1.807) is 11.0 Å². The van der Waals surface area contributed by atoms with Gasteiger partial charge in [0.05, 0.1) is 13.5 Å². The number of carbonyl (C=O) groups excluding carboxylic acids is 2. The second-order valence-corrected chi connectivity index (χ2v) is 5.93. The van der Waals surface area contributed by atoms with Crippen molar-refractivity contribution in [2.45, 2.75) is 26.3 Å². The first-order valence-corrected chi connectivity index (χ1v) is 7.78. The number of carbonyl (C=O) groups is 2. The molecule has 1 aliphatic heterocycles. The molecule has 5 nitrogen and oxygen atoms in total. The van der Waals surface area contributed by atoms with Gasteiger partial charge in [0, 0.05) is 37.8 Å². The van der Waals surface area contributed by atoms with Gasteiger partial charge in [0.25, 0.3) is 5.91 Å². The molecule has 1 amide bonds. The van der Waals surface area contributed by atoms with Crippen LogP contribution in [-0.2, 0) is 9.53 Å². The summed E-state index contributed by atoms with van der Waals surface area (Å²) in [5.41, 5.74) is 1.19. The molecule has 2 rings (SSSR count). The van der Waals surface area contributed by atoms with Crippen molar-refractivity contribution in [2.24, 2.45) is 0 Å². The molecule has 1 saturated heterocycles. The molecule has 0 bridgehead atoms. The maximum atomic E-state index is 13.4. The third kappa shape index (κ3) is 4.28. The molecule has 0 N–H and O–H groups in total. The van der Waals surface area contributed by atoms with Gasteiger partial charge in [0.2, 0.25) is 0 Å². The normalized spacial score (nSPS) is 18.8. The molecule has 0 aliphatic carbocycles. The van der Waals surface area contributed by atoms with Crippen LogP contribution in [0.5, 0.6) is 0 Å². The van der Waals surface area contributed by atoms with E-state index in [0.717, 1.165) is 5.56 Å². The number of hydrogen-bond donors (Lipinski definition) is 0. The van der Waals surface area contributed by atoms with Gasteiger partial charge in [-0.3, -0.25) is 14.5 Å². The van der Waals surface area contributed by atoms with Gasteiger partial charge in [0.1, 0.15) is 5.82 Å². The molecule has 1 aromatic carbocycles. The van der Waals surface area contributed by atoms with Crippen molar-refractivity contribution in [3.05, 3.63) is 35.1 Å². The summed E-state index contributed by atoms with van der Waals surface area (Å²) in [6, 6.07) is 4.30. The highest BCUT2D eigenvalue weighted by molar-refractivity contribution is 5.96. The molecule has 23 heavy (non-hydrogen) atoms. The summed E-state index contributed by atoms with van der Waals surface area (Å²) in [5, 5.41) is 0. The summed E-state index contributed by atoms with van der Waals surface area (Å²) in [7, 11) is 1.38. The number of piperazine rings is 1. The molecule has 0 saturated carbocycles. The molecule has 0 radical (unpaired) electrons. The molecule has 1 fully saturated rings. The fourth-order valence-electron chi connectivity index (χ4n) is 2.87. The molecular weight excluding hydrogens is 299 g/mol. The number of benzene rings is 1. The van der Waals surface area contributed by atoms with E-state index in [1.807, 2.05) is 13.8 Å². The lowest BCUT2D eigenvalue weighted by atomic mass is 10.1. The fourth-order valence-corrected chi connectivity index (χ4v) is 2.87. The van der Waals surface area contributed by atoms with Crippen LogP contribution in [0.4, 0.5) is 4.39 Å². The molecule has 126 valence electrons. The molecule has 6 heteroatoms. The van der Waals surface area contributed by atoms with E-state index in [-0.39, 0.29) is 17.9 Å². The van der Waals surface area contributed by atoms with E-state index in [9.17, 15) is 14.0 Å². The van der Waals surface area contributed by atoms with Crippen LogP contribution >= 0.6 is 0 Å². The van der Waals surface area contributed by atoms with Crippen LogP contribution in [0.1, 0.15) is 29.3 Å². The van der Waals surface area contributed by atoms with Gasteiger partial charge in [-0.25, -0.2) is 4.39 Å². The number of nitrogens with zero attached hydrogens (tertiary/aromatic N) is 2. The van der Waals surface area contributed by atoms with Gasteiger partial charge >= 0.3 is 5.97 Å². The molecule has 1 atom stereocenters. The van der Waals surface area contributed by atoms with Crippen molar-refractivity contribution in [2.75, 3.05) is 33.3 Å². The first-order chi connectivity index (χ1) is 10.9. The lowest BCUT2D eigenvalue weighted by molar-refractivity contribution is -0.141. The first-order valence-electron chi connectivity index (χ1n) is 7.78. The standard InChI is InChI=1S/C17H23FN2O3/c1-12-4-5-14(18)10-15(12)17(22)20-9-8-19(11-13(20)2)7-6-16(21)23-3/h4-5,10,13H,6-9,11H2,1-3H3/t13-/m1/s1. The van der Waals surface area contributed by atoms with Crippen LogP contribution in [0.3, 0.4) is 0 Å². The Morgan fingerprint density at radius 2 is 2.09 bits per heavy atom. The smallest absolute Gasteiger partial charge is 0.306 e. The summed E-state index contributed by atoms with van der Waals surface area (Å²) in [5.74, 6) is -0.767. The quantitative estimate of drug-likeness (QED) is 0.794. The average Bonchev–Trinajstić information content (AvgIpc) is 2.54. The molecule has 1 heterocycles. The van der Waals surface area contributed by atoms with Crippen molar-refractivity contribution in [1.29, 1.82) is 0 Å². The number of halogens is 1. The Balaban J connectivity index is 1.99. The number of aryl methyl sites for hydroxylation is 1. The highest BCUT2D eigenvalue weighted by atomic mass is 19.1. The van der Waals surface area contributed by atoms with Gasteiger partial charge in [0.15, 0.2) is 0 Å². The number of ether oxygens (including phenoxy) is 1. The van der Waals surface area contributed by atoms with Crippen LogP contribution in [0.25, 0.3) is 0 Å². The lowest BCUT2D eigenvalue weighted by Crippen LogP contribution is -2.54. The van der Waals surface area contributed by atoms with Gasteiger partial charge in [-0.2, -0.15) is 0 Å². The maximum Gasteiger partial charge on any atom is 0.306 e. The summed E-state index contributed by atoms with van der Waals surface area (Å²) < 4.78 is 18.1. The molecule has 1 aliphatic rings. The second kappa shape index (κ2) is 7.55. The van der Waals surface area contributed by atoms with Crippen molar-refractivity contribution >= 4 is 11.9 Å². The van der Waals surface area contributed by atoms with Crippen LogP contribution in [-0.4, -0.2) is 61.0 Å². The predicted molar refractivity (Wildman–Crippen MR) is 84.7 cm³/mol. The SMILES string of the molecule is COC(=O)CCN1CCN(C(=O)c2cc(F)ccc2C)[C@H](C)C1. The highest BCUT2D eigenvalue weighted by Gasteiger charge is 2.29. The molecule has 0 unspecified atom stereocenters. The zero-order chi connectivity index (χ0) is 17.0. The first kappa shape index (κ1) is 17.4. The van der Waals surface area contributed by atoms with Gasteiger partial charge in [-0.15, -0.1) is 0 Å². The Morgan fingerprint density at radius 3 is 2.74 bits per heavy atom. The highest BCUT2D eigenvalue weighted by Crippen LogP contribution is 2.18.